The Hall–Kier alpha value is -1.35. The van der Waals surface area contributed by atoms with Gasteiger partial charge in [-0.25, -0.2) is 0 Å². The minimum atomic E-state index is 0.550. The van der Waals surface area contributed by atoms with Gasteiger partial charge in [-0.05, 0) is 5.56 Å². The van der Waals surface area contributed by atoms with Gasteiger partial charge in [0.25, 0.3) is 0 Å². The van der Waals surface area contributed by atoms with Gasteiger partial charge in [0.05, 0.1) is 5.52 Å². The Morgan fingerprint density at radius 1 is 1.50 bits per heavy atom. The fraction of sp³-hybridized carbons (Fsp3) is 0.222. The molecular weight excluding hydrogens is 150 g/mol. The van der Waals surface area contributed by atoms with Crippen molar-refractivity contribution in [3.63, 3.8) is 0 Å². The van der Waals surface area contributed by atoms with Gasteiger partial charge < -0.3 is 5.73 Å². The fourth-order valence-electron chi connectivity index (χ4n) is 1.39. The van der Waals surface area contributed by atoms with Crippen LogP contribution in [-0.2, 0) is 13.6 Å². The normalized spacial score (nSPS) is 10.8. The lowest BCUT2D eigenvalue weighted by atomic mass is 10.1. The molecule has 0 atom stereocenters. The van der Waals surface area contributed by atoms with Gasteiger partial charge in [-0.3, -0.25) is 4.68 Å². The van der Waals surface area contributed by atoms with Gasteiger partial charge in [-0.15, -0.1) is 0 Å². The molecule has 1 aromatic carbocycles. The Balaban J connectivity index is 2.78. The zero-order valence-corrected chi connectivity index (χ0v) is 6.99. The predicted molar refractivity (Wildman–Crippen MR) is 48.6 cm³/mol. The largest absolute Gasteiger partial charge is 0.326 e. The summed E-state index contributed by atoms with van der Waals surface area (Å²) in [6.45, 7) is 0.550. The van der Waals surface area contributed by atoms with E-state index < -0.39 is 0 Å². The summed E-state index contributed by atoms with van der Waals surface area (Å²) in [6.07, 6.45) is 1.99. The first-order valence-corrected chi connectivity index (χ1v) is 3.92. The highest BCUT2D eigenvalue weighted by Gasteiger charge is 2.01. The van der Waals surface area contributed by atoms with Crippen molar-refractivity contribution in [2.24, 2.45) is 12.8 Å². The molecule has 0 saturated heterocycles. The van der Waals surface area contributed by atoms with Crippen molar-refractivity contribution in [3.8, 4) is 0 Å². The molecule has 1 heterocycles. The highest BCUT2D eigenvalue weighted by molar-refractivity contribution is 5.81. The highest BCUT2D eigenvalue weighted by Crippen LogP contribution is 2.15. The van der Waals surface area contributed by atoms with Gasteiger partial charge in [0.1, 0.15) is 0 Å². The van der Waals surface area contributed by atoms with E-state index in [4.69, 9.17) is 5.73 Å². The minimum absolute atomic E-state index is 0.550. The van der Waals surface area contributed by atoms with E-state index in [1.807, 2.05) is 36.1 Å². The number of fused-ring (bicyclic) bond motifs is 1. The van der Waals surface area contributed by atoms with Crippen molar-refractivity contribution in [2.45, 2.75) is 6.54 Å². The number of nitrogens with zero attached hydrogens (tertiary/aromatic N) is 2. The zero-order chi connectivity index (χ0) is 8.55. The molecule has 0 saturated carbocycles. The third kappa shape index (κ3) is 0.987. The van der Waals surface area contributed by atoms with E-state index in [-0.39, 0.29) is 0 Å². The molecule has 0 aliphatic rings. The topological polar surface area (TPSA) is 43.8 Å². The molecule has 2 aromatic rings. The lowest BCUT2D eigenvalue weighted by Gasteiger charge is -1.95. The maximum atomic E-state index is 5.58. The van der Waals surface area contributed by atoms with Gasteiger partial charge in [0, 0.05) is 25.2 Å². The summed E-state index contributed by atoms with van der Waals surface area (Å²) in [4.78, 5) is 0. The van der Waals surface area contributed by atoms with Crippen molar-refractivity contribution in [2.75, 3.05) is 0 Å². The molecule has 2 N–H and O–H groups in total. The summed E-state index contributed by atoms with van der Waals surface area (Å²) in [7, 11) is 1.92. The molecule has 0 amide bonds. The summed E-state index contributed by atoms with van der Waals surface area (Å²) < 4.78 is 1.81. The van der Waals surface area contributed by atoms with E-state index in [9.17, 15) is 0 Å². The molecule has 0 bridgehead atoms. The quantitative estimate of drug-likeness (QED) is 0.679. The maximum Gasteiger partial charge on any atom is 0.0967 e. The smallest absolute Gasteiger partial charge is 0.0967 e. The van der Waals surface area contributed by atoms with E-state index in [1.165, 1.54) is 0 Å². The zero-order valence-electron chi connectivity index (χ0n) is 6.99. The molecule has 3 nitrogen and oxygen atoms in total. The van der Waals surface area contributed by atoms with E-state index in [0.717, 1.165) is 16.5 Å². The van der Waals surface area contributed by atoms with Crippen LogP contribution >= 0.6 is 0 Å². The number of rotatable bonds is 1. The number of nitrogens with two attached hydrogens (primary N) is 1. The standard InChI is InChI=1S/C9H11N3/c1-12-6-8-4-2-3-7(5-10)9(8)11-12/h2-4,6H,5,10H2,1H3. The Bertz CT molecular complexity index is 403. The van der Waals surface area contributed by atoms with Crippen LogP contribution in [0.5, 0.6) is 0 Å². The Labute approximate surface area is 70.8 Å². The molecule has 0 unspecified atom stereocenters. The maximum absolute atomic E-state index is 5.58. The number of hydrogen-bond acceptors (Lipinski definition) is 2. The summed E-state index contributed by atoms with van der Waals surface area (Å²) in [6, 6.07) is 6.06. The van der Waals surface area contributed by atoms with Crippen LogP contribution in [0.3, 0.4) is 0 Å². The molecule has 0 aliphatic heterocycles. The van der Waals surface area contributed by atoms with Gasteiger partial charge in [-0.2, -0.15) is 5.10 Å². The average Bonchev–Trinajstić information content (AvgIpc) is 2.44. The van der Waals surface area contributed by atoms with Crippen molar-refractivity contribution in [1.29, 1.82) is 0 Å². The van der Waals surface area contributed by atoms with E-state index >= 15 is 0 Å². The van der Waals surface area contributed by atoms with Gasteiger partial charge in [0.2, 0.25) is 0 Å². The van der Waals surface area contributed by atoms with Crippen molar-refractivity contribution < 1.29 is 0 Å². The summed E-state index contributed by atoms with van der Waals surface area (Å²) in [5.41, 5.74) is 7.70. The van der Waals surface area contributed by atoms with Gasteiger partial charge in [-0.1, -0.05) is 18.2 Å². The molecule has 0 spiro atoms. The summed E-state index contributed by atoms with van der Waals surface area (Å²) >= 11 is 0. The van der Waals surface area contributed by atoms with Crippen molar-refractivity contribution in [3.05, 3.63) is 30.0 Å². The molecular formula is C9H11N3. The minimum Gasteiger partial charge on any atom is -0.326 e. The van der Waals surface area contributed by atoms with Crippen molar-refractivity contribution >= 4 is 10.9 Å². The van der Waals surface area contributed by atoms with Crippen LogP contribution in [0.25, 0.3) is 10.9 Å². The van der Waals surface area contributed by atoms with Crippen LogP contribution in [0.1, 0.15) is 5.56 Å². The Kier molecular flexibility index (Phi) is 1.59. The van der Waals surface area contributed by atoms with Crippen LogP contribution in [-0.4, -0.2) is 9.78 Å². The fourth-order valence-corrected chi connectivity index (χ4v) is 1.39. The Morgan fingerprint density at radius 2 is 2.33 bits per heavy atom. The summed E-state index contributed by atoms with van der Waals surface area (Å²) in [5, 5.41) is 5.47. The highest BCUT2D eigenvalue weighted by atomic mass is 15.2. The molecule has 12 heavy (non-hydrogen) atoms. The lowest BCUT2D eigenvalue weighted by molar-refractivity contribution is 0.778. The first kappa shape index (κ1) is 7.31. The third-order valence-corrected chi connectivity index (χ3v) is 1.95. The number of benzene rings is 1. The average molecular weight is 161 g/mol. The monoisotopic (exact) mass is 161 g/mol. The lowest BCUT2D eigenvalue weighted by Crippen LogP contribution is -1.97. The second-order valence-corrected chi connectivity index (χ2v) is 2.86. The van der Waals surface area contributed by atoms with E-state index in [1.54, 1.807) is 0 Å². The Morgan fingerprint density at radius 3 is 3.08 bits per heavy atom. The van der Waals surface area contributed by atoms with Crippen LogP contribution in [0.2, 0.25) is 0 Å². The molecule has 2 rings (SSSR count). The first-order chi connectivity index (χ1) is 5.81. The SMILES string of the molecule is Cn1cc2cccc(CN)c2n1. The van der Waals surface area contributed by atoms with Crippen LogP contribution < -0.4 is 5.73 Å². The van der Waals surface area contributed by atoms with Crippen molar-refractivity contribution in [1.82, 2.24) is 9.78 Å². The van der Waals surface area contributed by atoms with Crippen LogP contribution in [0, 0.1) is 0 Å². The second kappa shape index (κ2) is 2.60. The van der Waals surface area contributed by atoms with E-state index in [0.29, 0.717) is 6.54 Å². The molecule has 0 radical (unpaired) electrons. The van der Waals surface area contributed by atoms with Crippen LogP contribution in [0.4, 0.5) is 0 Å². The predicted octanol–water partition coefficient (Wildman–Crippen LogP) is 1.03. The molecule has 62 valence electrons. The van der Waals surface area contributed by atoms with E-state index in [2.05, 4.69) is 5.10 Å². The number of aryl methyl sites for hydroxylation is 1. The first-order valence-electron chi connectivity index (χ1n) is 3.92. The third-order valence-electron chi connectivity index (χ3n) is 1.95. The van der Waals surface area contributed by atoms with Crippen LogP contribution in [0.15, 0.2) is 24.4 Å². The molecule has 0 fully saturated rings. The van der Waals surface area contributed by atoms with Gasteiger partial charge >= 0.3 is 0 Å². The number of aromatic nitrogens is 2. The molecule has 0 aliphatic carbocycles. The second-order valence-electron chi connectivity index (χ2n) is 2.86. The molecule has 1 aromatic heterocycles. The number of hydrogen-bond donors (Lipinski definition) is 1. The molecule has 3 heteroatoms. The van der Waals surface area contributed by atoms with Gasteiger partial charge in [0.15, 0.2) is 0 Å². The summed E-state index contributed by atoms with van der Waals surface area (Å²) in [5.74, 6) is 0.